The zero-order valence-electron chi connectivity index (χ0n) is 16.9. The molecular formula is C22H30N2O4. The molecule has 2 saturated heterocycles. The molecule has 0 unspecified atom stereocenters. The van der Waals surface area contributed by atoms with Crippen molar-refractivity contribution in [3.63, 3.8) is 0 Å². The van der Waals surface area contributed by atoms with Gasteiger partial charge in [-0.25, -0.2) is 0 Å². The van der Waals surface area contributed by atoms with Crippen LogP contribution >= 0.6 is 0 Å². The SMILES string of the molecule is CCOC(=O)[C@@]1(CC)C[C@H]2CC[C@@H]1N2C(=O)CN1CCOc2ccccc2C1. The summed E-state index contributed by atoms with van der Waals surface area (Å²) in [6.07, 6.45) is 3.35. The number of fused-ring (bicyclic) bond motifs is 3. The summed E-state index contributed by atoms with van der Waals surface area (Å²) in [5.74, 6) is 0.914. The van der Waals surface area contributed by atoms with Gasteiger partial charge >= 0.3 is 5.97 Å². The van der Waals surface area contributed by atoms with Crippen LogP contribution in [0.25, 0.3) is 0 Å². The predicted molar refractivity (Wildman–Crippen MR) is 105 cm³/mol. The molecule has 1 aromatic rings. The lowest BCUT2D eigenvalue weighted by atomic mass is 9.72. The zero-order chi connectivity index (χ0) is 19.7. The maximum absolute atomic E-state index is 13.3. The van der Waals surface area contributed by atoms with E-state index in [-0.39, 0.29) is 24.0 Å². The maximum atomic E-state index is 13.3. The number of esters is 1. The van der Waals surface area contributed by atoms with Crippen LogP contribution in [0.15, 0.2) is 24.3 Å². The number of hydrogen-bond acceptors (Lipinski definition) is 5. The standard InChI is InChI=1S/C22H30N2O4/c1-3-22(21(26)27-4-2)13-17-9-10-19(22)24(17)20(25)15-23-11-12-28-18-8-6-5-7-16(18)14-23/h5-8,17,19H,3-4,9-15H2,1-2H3/t17-,19+,22+/m1/s1. The zero-order valence-corrected chi connectivity index (χ0v) is 16.9. The molecule has 1 amide bonds. The number of amides is 1. The van der Waals surface area contributed by atoms with E-state index in [2.05, 4.69) is 11.0 Å². The summed E-state index contributed by atoms with van der Waals surface area (Å²) >= 11 is 0. The molecule has 3 atom stereocenters. The third-order valence-electron chi connectivity index (χ3n) is 6.73. The molecule has 6 nitrogen and oxygen atoms in total. The molecule has 0 spiro atoms. The van der Waals surface area contributed by atoms with E-state index < -0.39 is 5.41 Å². The number of ether oxygens (including phenoxy) is 2. The van der Waals surface area contributed by atoms with Crippen molar-refractivity contribution in [3.8, 4) is 5.75 Å². The van der Waals surface area contributed by atoms with E-state index >= 15 is 0 Å². The van der Waals surface area contributed by atoms with Crippen LogP contribution in [0.4, 0.5) is 0 Å². The summed E-state index contributed by atoms with van der Waals surface area (Å²) in [7, 11) is 0. The Morgan fingerprint density at radius 1 is 1.25 bits per heavy atom. The van der Waals surface area contributed by atoms with Gasteiger partial charge in [0.2, 0.25) is 5.91 Å². The fourth-order valence-corrected chi connectivity index (χ4v) is 5.37. The second kappa shape index (κ2) is 7.74. The van der Waals surface area contributed by atoms with Crippen LogP contribution in [0.1, 0.15) is 45.1 Å². The van der Waals surface area contributed by atoms with Crippen LogP contribution in [0.5, 0.6) is 5.75 Å². The van der Waals surface area contributed by atoms with Crippen LogP contribution in [-0.2, 0) is 20.9 Å². The average Bonchev–Trinajstić information content (AvgIpc) is 3.18. The normalized spacial score (nSPS) is 29.1. The molecular weight excluding hydrogens is 356 g/mol. The second-order valence-corrected chi connectivity index (χ2v) is 8.15. The molecule has 4 rings (SSSR count). The Morgan fingerprint density at radius 3 is 2.86 bits per heavy atom. The van der Waals surface area contributed by atoms with Crippen molar-refractivity contribution in [2.75, 3.05) is 26.3 Å². The topological polar surface area (TPSA) is 59.1 Å². The van der Waals surface area contributed by atoms with Crippen molar-refractivity contribution in [3.05, 3.63) is 29.8 Å². The van der Waals surface area contributed by atoms with Crippen LogP contribution in [-0.4, -0.2) is 60.1 Å². The highest BCUT2D eigenvalue weighted by Gasteiger charge is 2.61. The summed E-state index contributed by atoms with van der Waals surface area (Å²) in [6, 6.07) is 8.16. The summed E-state index contributed by atoms with van der Waals surface area (Å²) in [5, 5.41) is 0. The Bertz CT molecular complexity index is 752. The monoisotopic (exact) mass is 386 g/mol. The summed E-state index contributed by atoms with van der Waals surface area (Å²) in [6.45, 7) is 6.66. The number of benzene rings is 1. The summed E-state index contributed by atoms with van der Waals surface area (Å²) in [5.41, 5.74) is 0.593. The maximum Gasteiger partial charge on any atom is 0.314 e. The first-order valence-electron chi connectivity index (χ1n) is 10.5. The van der Waals surface area contributed by atoms with Gasteiger partial charge < -0.3 is 14.4 Å². The van der Waals surface area contributed by atoms with Crippen LogP contribution in [0.2, 0.25) is 0 Å². The quantitative estimate of drug-likeness (QED) is 0.728. The molecule has 2 fully saturated rings. The lowest BCUT2D eigenvalue weighted by Gasteiger charge is -2.34. The number of para-hydroxylation sites is 1. The molecule has 0 N–H and O–H groups in total. The van der Waals surface area contributed by atoms with Gasteiger partial charge in [0.1, 0.15) is 12.4 Å². The molecule has 0 aliphatic carbocycles. The number of hydrogen-bond donors (Lipinski definition) is 0. The minimum atomic E-state index is -0.525. The first-order chi connectivity index (χ1) is 13.6. The Kier molecular flexibility index (Phi) is 5.32. The molecule has 2 bridgehead atoms. The van der Waals surface area contributed by atoms with Crippen molar-refractivity contribution < 1.29 is 19.1 Å². The molecule has 0 radical (unpaired) electrons. The van der Waals surface area contributed by atoms with E-state index in [0.29, 0.717) is 26.3 Å². The molecule has 152 valence electrons. The van der Waals surface area contributed by atoms with Gasteiger partial charge in [-0.05, 0) is 38.7 Å². The van der Waals surface area contributed by atoms with Crippen molar-refractivity contribution in [1.82, 2.24) is 9.80 Å². The van der Waals surface area contributed by atoms with Gasteiger partial charge in [-0.1, -0.05) is 25.1 Å². The Labute approximate surface area is 166 Å². The second-order valence-electron chi connectivity index (χ2n) is 8.15. The summed E-state index contributed by atoms with van der Waals surface area (Å²) in [4.78, 5) is 30.2. The molecule has 28 heavy (non-hydrogen) atoms. The smallest absolute Gasteiger partial charge is 0.314 e. The van der Waals surface area contributed by atoms with E-state index in [0.717, 1.165) is 43.5 Å². The van der Waals surface area contributed by atoms with E-state index in [1.807, 2.05) is 36.9 Å². The number of nitrogens with zero attached hydrogens (tertiary/aromatic N) is 2. The Morgan fingerprint density at radius 2 is 2.07 bits per heavy atom. The van der Waals surface area contributed by atoms with E-state index in [9.17, 15) is 9.59 Å². The predicted octanol–water partition coefficient (Wildman–Crippen LogP) is 2.60. The van der Waals surface area contributed by atoms with E-state index in [1.165, 1.54) is 0 Å². The van der Waals surface area contributed by atoms with Crippen LogP contribution in [0, 0.1) is 5.41 Å². The molecule has 0 saturated carbocycles. The molecule has 6 heteroatoms. The highest BCUT2D eigenvalue weighted by Crippen LogP contribution is 2.52. The average molecular weight is 386 g/mol. The molecule has 3 aliphatic heterocycles. The van der Waals surface area contributed by atoms with E-state index in [1.54, 1.807) is 0 Å². The first kappa shape index (κ1) is 19.2. The van der Waals surface area contributed by atoms with Crippen molar-refractivity contribution in [2.45, 2.75) is 58.2 Å². The number of carbonyl (C=O) groups excluding carboxylic acids is 2. The number of rotatable bonds is 5. The van der Waals surface area contributed by atoms with Gasteiger partial charge in [-0.2, -0.15) is 0 Å². The van der Waals surface area contributed by atoms with Gasteiger partial charge in [-0.3, -0.25) is 14.5 Å². The van der Waals surface area contributed by atoms with Gasteiger partial charge in [0.15, 0.2) is 0 Å². The van der Waals surface area contributed by atoms with E-state index in [4.69, 9.17) is 9.47 Å². The lowest BCUT2D eigenvalue weighted by Crippen LogP contribution is -2.48. The van der Waals surface area contributed by atoms with Gasteiger partial charge in [0.05, 0.1) is 18.6 Å². The van der Waals surface area contributed by atoms with Crippen molar-refractivity contribution in [2.24, 2.45) is 5.41 Å². The van der Waals surface area contributed by atoms with Gasteiger partial charge in [0.25, 0.3) is 0 Å². The minimum Gasteiger partial charge on any atom is -0.492 e. The van der Waals surface area contributed by atoms with Crippen molar-refractivity contribution in [1.29, 1.82) is 0 Å². The lowest BCUT2D eigenvalue weighted by molar-refractivity contribution is -0.158. The van der Waals surface area contributed by atoms with Crippen LogP contribution < -0.4 is 4.74 Å². The third kappa shape index (κ3) is 3.17. The van der Waals surface area contributed by atoms with Gasteiger partial charge in [-0.15, -0.1) is 0 Å². The first-order valence-corrected chi connectivity index (χ1v) is 10.5. The fraction of sp³-hybridized carbons (Fsp3) is 0.636. The molecule has 1 aromatic carbocycles. The fourth-order valence-electron chi connectivity index (χ4n) is 5.37. The number of carbonyl (C=O) groups is 2. The molecule has 0 aromatic heterocycles. The Hall–Kier alpha value is -2.08. The van der Waals surface area contributed by atoms with Crippen LogP contribution in [0.3, 0.4) is 0 Å². The third-order valence-corrected chi connectivity index (χ3v) is 6.73. The molecule has 3 aliphatic rings. The summed E-state index contributed by atoms with van der Waals surface area (Å²) < 4.78 is 11.2. The molecule has 3 heterocycles. The largest absolute Gasteiger partial charge is 0.492 e. The Balaban J connectivity index is 1.48. The minimum absolute atomic E-state index is 0.0236. The van der Waals surface area contributed by atoms with Gasteiger partial charge in [0, 0.05) is 30.7 Å². The van der Waals surface area contributed by atoms with Crippen molar-refractivity contribution >= 4 is 11.9 Å². The highest BCUT2D eigenvalue weighted by molar-refractivity contribution is 5.84. The highest BCUT2D eigenvalue weighted by atomic mass is 16.5.